The molecule has 1 aliphatic rings. The summed E-state index contributed by atoms with van der Waals surface area (Å²) < 4.78 is 18.5. The van der Waals surface area contributed by atoms with E-state index in [9.17, 15) is 4.39 Å². The standard InChI is InChI=1S/C13H16BrFO/c1-10-13(9-14,6-7-16-10)8-11-2-4-12(15)5-3-11/h2-5,10H,6-9H2,1H3. The van der Waals surface area contributed by atoms with Crippen LogP contribution in [-0.4, -0.2) is 18.0 Å². The molecular weight excluding hydrogens is 271 g/mol. The van der Waals surface area contributed by atoms with Crippen LogP contribution in [0.5, 0.6) is 0 Å². The summed E-state index contributed by atoms with van der Waals surface area (Å²) in [5, 5.41) is 0.929. The average molecular weight is 287 g/mol. The van der Waals surface area contributed by atoms with Gasteiger partial charge in [0.1, 0.15) is 5.82 Å². The van der Waals surface area contributed by atoms with E-state index in [2.05, 4.69) is 22.9 Å². The van der Waals surface area contributed by atoms with Gasteiger partial charge in [0, 0.05) is 17.4 Å². The smallest absolute Gasteiger partial charge is 0.123 e. The lowest BCUT2D eigenvalue weighted by molar-refractivity contribution is 0.0746. The number of rotatable bonds is 3. The van der Waals surface area contributed by atoms with E-state index in [-0.39, 0.29) is 17.3 Å². The molecule has 2 unspecified atom stereocenters. The number of halogens is 2. The van der Waals surface area contributed by atoms with Crippen LogP contribution in [0.25, 0.3) is 0 Å². The maximum atomic E-state index is 12.8. The molecular formula is C13H16BrFO. The third-order valence-corrected chi connectivity index (χ3v) is 4.68. The quantitative estimate of drug-likeness (QED) is 0.772. The van der Waals surface area contributed by atoms with Gasteiger partial charge in [-0.15, -0.1) is 0 Å². The number of hydrogen-bond donors (Lipinski definition) is 0. The largest absolute Gasteiger partial charge is 0.378 e. The van der Waals surface area contributed by atoms with E-state index in [4.69, 9.17) is 4.74 Å². The Balaban J connectivity index is 2.15. The van der Waals surface area contributed by atoms with Gasteiger partial charge in [0.2, 0.25) is 0 Å². The van der Waals surface area contributed by atoms with E-state index in [0.717, 1.165) is 24.8 Å². The highest BCUT2D eigenvalue weighted by Gasteiger charge is 2.40. The zero-order valence-electron chi connectivity index (χ0n) is 9.38. The minimum absolute atomic E-state index is 0.165. The van der Waals surface area contributed by atoms with Crippen LogP contribution in [0, 0.1) is 11.2 Å². The average Bonchev–Trinajstić information content (AvgIpc) is 2.64. The van der Waals surface area contributed by atoms with E-state index < -0.39 is 0 Å². The highest BCUT2D eigenvalue weighted by Crippen LogP contribution is 2.39. The Morgan fingerprint density at radius 1 is 1.44 bits per heavy atom. The van der Waals surface area contributed by atoms with Crippen LogP contribution in [0.2, 0.25) is 0 Å². The molecule has 0 amide bonds. The van der Waals surface area contributed by atoms with Crippen LogP contribution in [-0.2, 0) is 11.2 Å². The zero-order valence-corrected chi connectivity index (χ0v) is 11.0. The van der Waals surface area contributed by atoms with Gasteiger partial charge in [0.25, 0.3) is 0 Å². The first-order valence-electron chi connectivity index (χ1n) is 5.58. The Morgan fingerprint density at radius 2 is 2.12 bits per heavy atom. The van der Waals surface area contributed by atoms with Crippen molar-refractivity contribution in [3.63, 3.8) is 0 Å². The van der Waals surface area contributed by atoms with E-state index in [1.54, 1.807) is 0 Å². The molecule has 0 saturated carbocycles. The number of ether oxygens (including phenoxy) is 1. The summed E-state index contributed by atoms with van der Waals surface area (Å²) in [5.41, 5.74) is 1.34. The summed E-state index contributed by atoms with van der Waals surface area (Å²) in [6, 6.07) is 6.78. The summed E-state index contributed by atoms with van der Waals surface area (Å²) in [6.45, 7) is 2.95. The van der Waals surface area contributed by atoms with Crippen LogP contribution in [0.4, 0.5) is 4.39 Å². The molecule has 1 heterocycles. The third-order valence-electron chi connectivity index (χ3n) is 3.57. The molecule has 1 saturated heterocycles. The minimum atomic E-state index is -0.174. The highest BCUT2D eigenvalue weighted by atomic mass is 79.9. The van der Waals surface area contributed by atoms with Gasteiger partial charge in [0.05, 0.1) is 6.10 Å². The molecule has 16 heavy (non-hydrogen) atoms. The monoisotopic (exact) mass is 286 g/mol. The minimum Gasteiger partial charge on any atom is -0.378 e. The molecule has 0 spiro atoms. The van der Waals surface area contributed by atoms with Gasteiger partial charge < -0.3 is 4.74 Å². The van der Waals surface area contributed by atoms with Crippen molar-refractivity contribution >= 4 is 15.9 Å². The first kappa shape index (κ1) is 12.1. The SMILES string of the molecule is CC1OCCC1(CBr)Cc1ccc(F)cc1. The predicted molar refractivity (Wildman–Crippen MR) is 66.4 cm³/mol. The van der Waals surface area contributed by atoms with Gasteiger partial charge in [-0.25, -0.2) is 4.39 Å². The van der Waals surface area contributed by atoms with Crippen molar-refractivity contribution in [1.82, 2.24) is 0 Å². The summed E-state index contributed by atoms with van der Waals surface area (Å²) in [6.07, 6.45) is 2.27. The molecule has 0 bridgehead atoms. The second-order valence-electron chi connectivity index (χ2n) is 4.56. The molecule has 88 valence electrons. The van der Waals surface area contributed by atoms with E-state index in [0.29, 0.717) is 0 Å². The Bertz CT molecular complexity index is 351. The zero-order chi connectivity index (χ0) is 11.6. The highest BCUT2D eigenvalue weighted by molar-refractivity contribution is 9.09. The first-order chi connectivity index (χ1) is 7.66. The number of alkyl halides is 1. The predicted octanol–water partition coefficient (Wildman–Crippen LogP) is 3.56. The molecule has 3 heteroatoms. The van der Waals surface area contributed by atoms with Crippen molar-refractivity contribution in [2.75, 3.05) is 11.9 Å². The molecule has 0 aromatic heterocycles. The lowest BCUT2D eigenvalue weighted by Gasteiger charge is -2.30. The van der Waals surface area contributed by atoms with Crippen molar-refractivity contribution < 1.29 is 9.13 Å². The molecule has 1 aromatic carbocycles. The molecule has 1 aliphatic heterocycles. The van der Waals surface area contributed by atoms with Crippen LogP contribution in [0.15, 0.2) is 24.3 Å². The number of hydrogen-bond acceptors (Lipinski definition) is 1. The fourth-order valence-corrected chi connectivity index (χ4v) is 3.22. The molecule has 0 radical (unpaired) electrons. The van der Waals surface area contributed by atoms with Gasteiger partial charge in [-0.05, 0) is 37.5 Å². The molecule has 1 aromatic rings. The van der Waals surface area contributed by atoms with Crippen molar-refractivity contribution in [3.8, 4) is 0 Å². The molecule has 1 fully saturated rings. The van der Waals surface area contributed by atoms with E-state index in [1.165, 1.54) is 17.7 Å². The molecule has 1 nitrogen and oxygen atoms in total. The maximum absolute atomic E-state index is 12.8. The maximum Gasteiger partial charge on any atom is 0.123 e. The Morgan fingerprint density at radius 3 is 2.62 bits per heavy atom. The molecule has 0 N–H and O–H groups in total. The Hall–Kier alpha value is -0.410. The topological polar surface area (TPSA) is 9.23 Å². The normalized spacial score (nSPS) is 29.6. The van der Waals surface area contributed by atoms with Gasteiger partial charge in [-0.2, -0.15) is 0 Å². The molecule has 0 aliphatic carbocycles. The first-order valence-corrected chi connectivity index (χ1v) is 6.70. The van der Waals surface area contributed by atoms with Crippen molar-refractivity contribution in [3.05, 3.63) is 35.6 Å². The summed E-state index contributed by atoms with van der Waals surface area (Å²) in [4.78, 5) is 0. The van der Waals surface area contributed by atoms with Crippen LogP contribution >= 0.6 is 15.9 Å². The summed E-state index contributed by atoms with van der Waals surface area (Å²) in [5.74, 6) is -0.174. The van der Waals surface area contributed by atoms with Crippen LogP contribution < -0.4 is 0 Å². The van der Waals surface area contributed by atoms with Gasteiger partial charge >= 0.3 is 0 Å². The van der Waals surface area contributed by atoms with Gasteiger partial charge in [0.15, 0.2) is 0 Å². The second kappa shape index (κ2) is 4.84. The number of benzene rings is 1. The lowest BCUT2D eigenvalue weighted by atomic mass is 9.78. The summed E-state index contributed by atoms with van der Waals surface area (Å²) in [7, 11) is 0. The fraction of sp³-hybridized carbons (Fsp3) is 0.538. The van der Waals surface area contributed by atoms with E-state index >= 15 is 0 Å². The van der Waals surface area contributed by atoms with E-state index in [1.807, 2.05) is 12.1 Å². The Labute approximate surface area is 104 Å². The van der Waals surface area contributed by atoms with Crippen LogP contribution in [0.3, 0.4) is 0 Å². The fourth-order valence-electron chi connectivity index (χ4n) is 2.28. The van der Waals surface area contributed by atoms with Crippen molar-refractivity contribution in [1.29, 1.82) is 0 Å². The van der Waals surface area contributed by atoms with Crippen LogP contribution in [0.1, 0.15) is 18.9 Å². The molecule has 2 rings (SSSR count). The molecule has 2 atom stereocenters. The van der Waals surface area contributed by atoms with Crippen molar-refractivity contribution in [2.24, 2.45) is 5.41 Å². The lowest BCUT2D eigenvalue weighted by Crippen LogP contribution is -2.32. The Kier molecular flexibility index (Phi) is 3.65. The van der Waals surface area contributed by atoms with Gasteiger partial charge in [-0.1, -0.05) is 28.1 Å². The van der Waals surface area contributed by atoms with Crippen molar-refractivity contribution in [2.45, 2.75) is 25.9 Å². The van der Waals surface area contributed by atoms with Gasteiger partial charge in [-0.3, -0.25) is 0 Å². The second-order valence-corrected chi connectivity index (χ2v) is 5.12. The third kappa shape index (κ3) is 2.30. The summed E-state index contributed by atoms with van der Waals surface area (Å²) >= 11 is 3.59.